The van der Waals surface area contributed by atoms with Gasteiger partial charge >= 0.3 is 0 Å². The lowest BCUT2D eigenvalue weighted by atomic mass is 10.2. The monoisotopic (exact) mass is 248 g/mol. The average molecular weight is 248 g/mol. The Hall–Kier alpha value is -1.20. The molecule has 1 saturated heterocycles. The summed E-state index contributed by atoms with van der Waals surface area (Å²) in [6.45, 7) is 4.27. The molecule has 1 aliphatic rings. The van der Waals surface area contributed by atoms with E-state index < -0.39 is 0 Å². The molecule has 0 aromatic carbocycles. The smallest absolute Gasteiger partial charge is 0.140 e. The highest BCUT2D eigenvalue weighted by Crippen LogP contribution is 2.30. The fourth-order valence-corrected chi connectivity index (χ4v) is 3.23. The first-order valence-corrected chi connectivity index (χ1v) is 6.72. The van der Waals surface area contributed by atoms with Crippen LogP contribution in [0, 0.1) is 6.92 Å². The summed E-state index contributed by atoms with van der Waals surface area (Å²) in [5, 5.41) is 4.58. The second-order valence-corrected chi connectivity index (χ2v) is 5.77. The molecular formula is C12H16N4S. The zero-order valence-corrected chi connectivity index (χ0v) is 10.9. The highest BCUT2D eigenvalue weighted by Gasteiger charge is 2.22. The maximum Gasteiger partial charge on any atom is 0.140 e. The van der Waals surface area contributed by atoms with Crippen molar-refractivity contribution in [2.75, 3.05) is 25.0 Å². The fraction of sp³-hybridized carbons (Fsp3) is 0.500. The number of rotatable bonds is 2. The Balaban J connectivity index is 2.03. The molecule has 1 aliphatic heterocycles. The number of nitrogens with zero attached hydrogens (tertiary/aromatic N) is 3. The number of nitrogens with one attached hydrogen (secondary N) is 1. The van der Waals surface area contributed by atoms with Crippen LogP contribution in [-0.2, 0) is 0 Å². The molecule has 0 aliphatic carbocycles. The molecule has 1 atom stereocenters. The lowest BCUT2D eigenvalue weighted by molar-refractivity contribution is 0.679. The van der Waals surface area contributed by atoms with Crippen LogP contribution < -0.4 is 10.2 Å². The van der Waals surface area contributed by atoms with Gasteiger partial charge in [-0.15, -0.1) is 11.3 Å². The maximum atomic E-state index is 4.46. The Bertz CT molecular complexity index is 530. The largest absolute Gasteiger partial charge is 0.355 e. The van der Waals surface area contributed by atoms with Gasteiger partial charge in [-0.05, 0) is 26.0 Å². The van der Waals surface area contributed by atoms with E-state index in [1.807, 2.05) is 0 Å². The average Bonchev–Trinajstić information content (AvgIpc) is 2.94. The molecule has 0 spiro atoms. The number of hydrogen-bond acceptors (Lipinski definition) is 5. The van der Waals surface area contributed by atoms with Crippen LogP contribution in [-0.4, -0.2) is 36.1 Å². The molecule has 3 heterocycles. The van der Waals surface area contributed by atoms with Crippen molar-refractivity contribution >= 4 is 27.4 Å². The number of aromatic nitrogens is 2. The van der Waals surface area contributed by atoms with Crippen LogP contribution in [0.25, 0.3) is 10.2 Å². The first-order chi connectivity index (χ1) is 8.25. The minimum Gasteiger partial charge on any atom is -0.355 e. The van der Waals surface area contributed by atoms with Crippen molar-refractivity contribution in [2.45, 2.75) is 19.4 Å². The van der Waals surface area contributed by atoms with Gasteiger partial charge in [0.1, 0.15) is 17.0 Å². The van der Waals surface area contributed by atoms with Gasteiger partial charge in [-0.3, -0.25) is 0 Å². The summed E-state index contributed by atoms with van der Waals surface area (Å²) < 4.78 is 0. The van der Waals surface area contributed by atoms with Gasteiger partial charge in [-0.25, -0.2) is 9.97 Å². The molecule has 1 fully saturated rings. The first-order valence-electron chi connectivity index (χ1n) is 5.90. The van der Waals surface area contributed by atoms with Crippen molar-refractivity contribution in [3.05, 3.63) is 17.3 Å². The molecule has 0 amide bonds. The molecule has 2 aromatic rings. The Morgan fingerprint density at radius 3 is 3.12 bits per heavy atom. The van der Waals surface area contributed by atoms with E-state index in [0.29, 0.717) is 6.04 Å². The highest BCUT2D eigenvalue weighted by molar-refractivity contribution is 7.18. The van der Waals surface area contributed by atoms with Crippen LogP contribution in [0.1, 0.15) is 11.3 Å². The Morgan fingerprint density at radius 2 is 2.35 bits per heavy atom. The van der Waals surface area contributed by atoms with Crippen LogP contribution in [0.4, 0.5) is 5.82 Å². The van der Waals surface area contributed by atoms with Crippen LogP contribution in [0.2, 0.25) is 0 Å². The quantitative estimate of drug-likeness (QED) is 0.880. The standard InChI is InChI=1S/C12H16N4S/c1-8-5-10-11(14-7-15-12(10)17-8)16(2)9-3-4-13-6-9/h5,7,9,13H,3-4,6H2,1-2H3. The van der Waals surface area contributed by atoms with E-state index in [1.165, 1.54) is 16.7 Å². The third-order valence-corrected chi connectivity index (χ3v) is 4.31. The number of hydrogen-bond donors (Lipinski definition) is 1. The fourth-order valence-electron chi connectivity index (χ4n) is 2.39. The van der Waals surface area contributed by atoms with Crippen molar-refractivity contribution in [3.63, 3.8) is 0 Å². The first kappa shape index (κ1) is 10.9. The summed E-state index contributed by atoms with van der Waals surface area (Å²) in [5.74, 6) is 1.06. The number of aryl methyl sites for hydroxylation is 1. The summed E-state index contributed by atoms with van der Waals surface area (Å²) >= 11 is 1.73. The Kier molecular flexibility index (Phi) is 2.72. The molecule has 90 valence electrons. The van der Waals surface area contributed by atoms with Gasteiger partial charge in [-0.2, -0.15) is 0 Å². The lowest BCUT2D eigenvalue weighted by Gasteiger charge is -2.25. The molecule has 3 rings (SSSR count). The third-order valence-electron chi connectivity index (χ3n) is 3.35. The minimum atomic E-state index is 0.549. The van der Waals surface area contributed by atoms with Gasteiger partial charge in [0.05, 0.1) is 5.39 Å². The molecule has 4 nitrogen and oxygen atoms in total. The highest BCUT2D eigenvalue weighted by atomic mass is 32.1. The summed E-state index contributed by atoms with van der Waals surface area (Å²) in [6, 6.07) is 2.74. The lowest BCUT2D eigenvalue weighted by Crippen LogP contribution is -2.34. The summed E-state index contributed by atoms with van der Waals surface area (Å²) in [7, 11) is 2.13. The summed E-state index contributed by atoms with van der Waals surface area (Å²) in [5.41, 5.74) is 0. The molecule has 1 unspecified atom stereocenters. The van der Waals surface area contributed by atoms with Gasteiger partial charge in [0.25, 0.3) is 0 Å². The van der Waals surface area contributed by atoms with Crippen LogP contribution in [0.3, 0.4) is 0 Å². The van der Waals surface area contributed by atoms with Gasteiger partial charge in [-0.1, -0.05) is 0 Å². The zero-order valence-electron chi connectivity index (χ0n) is 10.1. The molecule has 1 N–H and O–H groups in total. The minimum absolute atomic E-state index is 0.549. The van der Waals surface area contributed by atoms with E-state index in [4.69, 9.17) is 0 Å². The van der Waals surface area contributed by atoms with Crippen molar-refractivity contribution in [2.24, 2.45) is 0 Å². The molecule has 0 radical (unpaired) electrons. The van der Waals surface area contributed by atoms with E-state index in [0.717, 1.165) is 23.7 Å². The number of thiophene rings is 1. The zero-order chi connectivity index (χ0) is 11.8. The van der Waals surface area contributed by atoms with E-state index in [1.54, 1.807) is 17.7 Å². The topological polar surface area (TPSA) is 41.0 Å². The van der Waals surface area contributed by atoms with Crippen molar-refractivity contribution in [1.82, 2.24) is 15.3 Å². The predicted molar refractivity (Wildman–Crippen MR) is 71.8 cm³/mol. The predicted octanol–water partition coefficient (Wildman–Crippen LogP) is 1.80. The Labute approximate surface area is 105 Å². The summed E-state index contributed by atoms with van der Waals surface area (Å²) in [4.78, 5) is 13.5. The van der Waals surface area contributed by atoms with E-state index >= 15 is 0 Å². The van der Waals surface area contributed by atoms with Gasteiger partial charge < -0.3 is 10.2 Å². The number of fused-ring (bicyclic) bond motifs is 1. The van der Waals surface area contributed by atoms with Gasteiger partial charge in [0.15, 0.2) is 0 Å². The molecule has 2 aromatic heterocycles. The van der Waals surface area contributed by atoms with Crippen molar-refractivity contribution in [3.8, 4) is 0 Å². The third kappa shape index (κ3) is 1.89. The second kappa shape index (κ2) is 4.23. The number of likely N-dealkylation sites (N-methyl/N-ethyl adjacent to an activating group) is 1. The summed E-state index contributed by atoms with van der Waals surface area (Å²) in [6.07, 6.45) is 2.86. The molecule has 0 saturated carbocycles. The second-order valence-electron chi connectivity index (χ2n) is 4.53. The van der Waals surface area contributed by atoms with Crippen molar-refractivity contribution in [1.29, 1.82) is 0 Å². The van der Waals surface area contributed by atoms with E-state index in [-0.39, 0.29) is 0 Å². The van der Waals surface area contributed by atoms with Crippen LogP contribution in [0.15, 0.2) is 12.4 Å². The van der Waals surface area contributed by atoms with E-state index in [9.17, 15) is 0 Å². The van der Waals surface area contributed by atoms with Crippen molar-refractivity contribution < 1.29 is 0 Å². The van der Waals surface area contributed by atoms with E-state index in [2.05, 4.69) is 40.2 Å². The molecule has 5 heteroatoms. The SMILES string of the molecule is Cc1cc2c(N(C)C3CCNC3)ncnc2s1. The molecule has 0 bridgehead atoms. The maximum absolute atomic E-state index is 4.46. The normalized spacial score (nSPS) is 20.0. The Morgan fingerprint density at radius 1 is 1.47 bits per heavy atom. The number of anilines is 1. The molecular weight excluding hydrogens is 232 g/mol. The van der Waals surface area contributed by atoms with Crippen LogP contribution >= 0.6 is 11.3 Å². The molecule has 17 heavy (non-hydrogen) atoms. The van der Waals surface area contributed by atoms with Gasteiger partial charge in [0.2, 0.25) is 0 Å². The van der Waals surface area contributed by atoms with Crippen LogP contribution in [0.5, 0.6) is 0 Å². The van der Waals surface area contributed by atoms with Gasteiger partial charge in [0, 0.05) is 24.5 Å².